The number of benzene rings is 1. The van der Waals surface area contributed by atoms with Crippen molar-refractivity contribution in [2.24, 2.45) is 0 Å². The SMILES string of the molecule is CCCNC(=O)CSc1ccc(OC)cc1. The molecule has 1 amide bonds. The van der Waals surface area contributed by atoms with Crippen LogP contribution in [0, 0.1) is 0 Å². The van der Waals surface area contributed by atoms with E-state index in [1.165, 1.54) is 11.8 Å². The van der Waals surface area contributed by atoms with Crippen LogP contribution in [0.2, 0.25) is 0 Å². The maximum atomic E-state index is 11.3. The van der Waals surface area contributed by atoms with Gasteiger partial charge in [0.2, 0.25) is 5.91 Å². The number of thioether (sulfide) groups is 1. The van der Waals surface area contributed by atoms with Crippen molar-refractivity contribution in [2.75, 3.05) is 19.4 Å². The number of carbonyl (C=O) groups excluding carboxylic acids is 1. The Morgan fingerprint density at radius 3 is 2.62 bits per heavy atom. The number of hydrogen-bond donors (Lipinski definition) is 1. The Morgan fingerprint density at radius 2 is 2.06 bits per heavy atom. The first kappa shape index (κ1) is 12.9. The quantitative estimate of drug-likeness (QED) is 0.774. The largest absolute Gasteiger partial charge is 0.497 e. The summed E-state index contributed by atoms with van der Waals surface area (Å²) in [4.78, 5) is 12.4. The lowest BCUT2D eigenvalue weighted by Crippen LogP contribution is -2.25. The van der Waals surface area contributed by atoms with Gasteiger partial charge < -0.3 is 10.1 Å². The van der Waals surface area contributed by atoms with Crippen molar-refractivity contribution in [1.29, 1.82) is 0 Å². The summed E-state index contributed by atoms with van der Waals surface area (Å²) < 4.78 is 5.06. The molecule has 0 saturated heterocycles. The highest BCUT2D eigenvalue weighted by Crippen LogP contribution is 2.20. The van der Waals surface area contributed by atoms with Gasteiger partial charge in [-0.05, 0) is 30.7 Å². The Morgan fingerprint density at radius 1 is 1.38 bits per heavy atom. The predicted molar refractivity (Wildman–Crippen MR) is 67.0 cm³/mol. The fourth-order valence-corrected chi connectivity index (χ4v) is 1.86. The summed E-state index contributed by atoms with van der Waals surface area (Å²) in [6.07, 6.45) is 0.971. The maximum absolute atomic E-state index is 11.3. The minimum absolute atomic E-state index is 0.0858. The third kappa shape index (κ3) is 4.57. The molecular weight excluding hydrogens is 222 g/mol. The zero-order valence-electron chi connectivity index (χ0n) is 9.66. The Hall–Kier alpha value is -1.16. The van der Waals surface area contributed by atoms with Gasteiger partial charge in [-0.25, -0.2) is 0 Å². The molecule has 3 nitrogen and oxygen atoms in total. The van der Waals surface area contributed by atoms with Crippen LogP contribution in [-0.4, -0.2) is 25.3 Å². The maximum Gasteiger partial charge on any atom is 0.230 e. The van der Waals surface area contributed by atoms with Crippen LogP contribution in [0.15, 0.2) is 29.2 Å². The second-order valence-corrected chi connectivity index (χ2v) is 4.36. The van der Waals surface area contributed by atoms with E-state index in [-0.39, 0.29) is 5.91 Å². The van der Waals surface area contributed by atoms with Crippen molar-refractivity contribution in [1.82, 2.24) is 5.32 Å². The molecule has 88 valence electrons. The van der Waals surface area contributed by atoms with Crippen LogP contribution < -0.4 is 10.1 Å². The highest BCUT2D eigenvalue weighted by atomic mass is 32.2. The minimum Gasteiger partial charge on any atom is -0.497 e. The molecule has 0 aromatic heterocycles. The molecule has 16 heavy (non-hydrogen) atoms. The van der Waals surface area contributed by atoms with E-state index in [4.69, 9.17) is 4.74 Å². The molecule has 0 saturated carbocycles. The number of carbonyl (C=O) groups is 1. The van der Waals surface area contributed by atoms with E-state index in [1.807, 2.05) is 31.2 Å². The Labute approximate surface area is 101 Å². The van der Waals surface area contributed by atoms with Crippen molar-refractivity contribution in [3.8, 4) is 5.75 Å². The first-order valence-corrected chi connectivity index (χ1v) is 6.28. The lowest BCUT2D eigenvalue weighted by atomic mass is 10.3. The van der Waals surface area contributed by atoms with Crippen LogP contribution in [-0.2, 0) is 4.79 Å². The van der Waals surface area contributed by atoms with E-state index >= 15 is 0 Å². The van der Waals surface area contributed by atoms with E-state index in [0.29, 0.717) is 5.75 Å². The van der Waals surface area contributed by atoms with Crippen molar-refractivity contribution in [2.45, 2.75) is 18.2 Å². The average Bonchev–Trinajstić information content (AvgIpc) is 2.34. The van der Waals surface area contributed by atoms with Crippen LogP contribution in [0.3, 0.4) is 0 Å². The summed E-state index contributed by atoms with van der Waals surface area (Å²) in [6, 6.07) is 7.70. The fraction of sp³-hybridized carbons (Fsp3) is 0.417. The molecule has 0 radical (unpaired) electrons. The minimum atomic E-state index is 0.0858. The van der Waals surface area contributed by atoms with Gasteiger partial charge in [-0.15, -0.1) is 11.8 Å². The third-order valence-corrected chi connectivity index (χ3v) is 3.01. The smallest absolute Gasteiger partial charge is 0.230 e. The lowest BCUT2D eigenvalue weighted by molar-refractivity contribution is -0.118. The average molecular weight is 239 g/mol. The topological polar surface area (TPSA) is 38.3 Å². The highest BCUT2D eigenvalue weighted by Gasteiger charge is 2.01. The molecule has 0 atom stereocenters. The molecule has 0 heterocycles. The first-order chi connectivity index (χ1) is 7.76. The molecule has 0 fully saturated rings. The van der Waals surface area contributed by atoms with Crippen molar-refractivity contribution in [3.05, 3.63) is 24.3 Å². The van der Waals surface area contributed by atoms with Gasteiger partial charge in [0.25, 0.3) is 0 Å². The summed E-state index contributed by atoms with van der Waals surface area (Å²) in [5.41, 5.74) is 0. The molecule has 0 bridgehead atoms. The monoisotopic (exact) mass is 239 g/mol. The fourth-order valence-electron chi connectivity index (χ4n) is 1.14. The van der Waals surface area contributed by atoms with Crippen LogP contribution in [0.25, 0.3) is 0 Å². The summed E-state index contributed by atoms with van der Waals surface area (Å²) in [7, 11) is 1.64. The molecule has 0 aliphatic rings. The molecule has 0 spiro atoms. The second kappa shape index (κ2) is 7.17. The van der Waals surface area contributed by atoms with E-state index < -0.39 is 0 Å². The van der Waals surface area contributed by atoms with Gasteiger partial charge in [0.05, 0.1) is 12.9 Å². The van der Waals surface area contributed by atoms with Gasteiger partial charge >= 0.3 is 0 Å². The van der Waals surface area contributed by atoms with E-state index in [0.717, 1.165) is 23.6 Å². The number of methoxy groups -OCH3 is 1. The van der Waals surface area contributed by atoms with Crippen LogP contribution in [0.1, 0.15) is 13.3 Å². The number of rotatable bonds is 6. The standard InChI is InChI=1S/C12H17NO2S/c1-3-8-13-12(14)9-16-11-6-4-10(15-2)5-7-11/h4-7H,3,8-9H2,1-2H3,(H,13,14). The van der Waals surface area contributed by atoms with Gasteiger partial charge in [-0.2, -0.15) is 0 Å². The molecule has 0 aliphatic carbocycles. The molecule has 1 rings (SSSR count). The van der Waals surface area contributed by atoms with Crippen LogP contribution in [0.5, 0.6) is 5.75 Å². The van der Waals surface area contributed by atoms with Gasteiger partial charge in [0.1, 0.15) is 5.75 Å². The van der Waals surface area contributed by atoms with E-state index in [9.17, 15) is 4.79 Å². The Bertz CT molecular complexity index is 324. The molecular formula is C12H17NO2S. The van der Waals surface area contributed by atoms with Gasteiger partial charge in [-0.1, -0.05) is 6.92 Å². The molecule has 0 aliphatic heterocycles. The first-order valence-electron chi connectivity index (χ1n) is 5.29. The number of nitrogens with one attached hydrogen (secondary N) is 1. The predicted octanol–water partition coefficient (Wildman–Crippen LogP) is 2.31. The van der Waals surface area contributed by atoms with Crippen LogP contribution >= 0.6 is 11.8 Å². The molecule has 4 heteroatoms. The molecule has 1 aromatic rings. The van der Waals surface area contributed by atoms with Gasteiger partial charge in [-0.3, -0.25) is 4.79 Å². The number of hydrogen-bond acceptors (Lipinski definition) is 3. The number of amides is 1. The second-order valence-electron chi connectivity index (χ2n) is 3.31. The van der Waals surface area contributed by atoms with E-state index in [1.54, 1.807) is 7.11 Å². The normalized spacial score (nSPS) is 9.88. The summed E-state index contributed by atoms with van der Waals surface area (Å²) in [6.45, 7) is 2.79. The summed E-state index contributed by atoms with van der Waals surface area (Å²) in [5, 5.41) is 2.84. The number of ether oxygens (including phenoxy) is 1. The summed E-state index contributed by atoms with van der Waals surface area (Å²) >= 11 is 1.53. The highest BCUT2D eigenvalue weighted by molar-refractivity contribution is 8.00. The molecule has 1 aromatic carbocycles. The van der Waals surface area contributed by atoms with Crippen molar-refractivity contribution >= 4 is 17.7 Å². The zero-order chi connectivity index (χ0) is 11.8. The Kier molecular flexibility index (Phi) is 5.78. The summed E-state index contributed by atoms with van der Waals surface area (Å²) in [5.74, 6) is 1.38. The molecule has 0 unspecified atom stereocenters. The lowest BCUT2D eigenvalue weighted by Gasteiger charge is -2.04. The van der Waals surface area contributed by atoms with Gasteiger partial charge in [0, 0.05) is 11.4 Å². The third-order valence-electron chi connectivity index (χ3n) is 2.00. The molecule has 1 N–H and O–H groups in total. The van der Waals surface area contributed by atoms with Crippen molar-refractivity contribution in [3.63, 3.8) is 0 Å². The van der Waals surface area contributed by atoms with Crippen molar-refractivity contribution < 1.29 is 9.53 Å². The Balaban J connectivity index is 2.33. The van der Waals surface area contributed by atoms with Crippen LogP contribution in [0.4, 0.5) is 0 Å². The zero-order valence-corrected chi connectivity index (χ0v) is 10.5. The van der Waals surface area contributed by atoms with E-state index in [2.05, 4.69) is 5.32 Å². The van der Waals surface area contributed by atoms with Gasteiger partial charge in [0.15, 0.2) is 0 Å².